The first-order chi connectivity index (χ1) is 12.8. The molecule has 0 aromatic carbocycles. The molecule has 0 bridgehead atoms. The monoisotopic (exact) mass is 370 g/mol. The number of guanidine groups is 1. The number of aliphatic imine (C=N–C) groups is 1. The fourth-order valence-electron chi connectivity index (χ4n) is 3.44. The number of rotatable bonds is 11. The van der Waals surface area contributed by atoms with Crippen molar-refractivity contribution in [1.29, 1.82) is 0 Å². The van der Waals surface area contributed by atoms with Crippen LogP contribution in [0.2, 0.25) is 0 Å². The summed E-state index contributed by atoms with van der Waals surface area (Å²) in [6.07, 6.45) is 3.52. The Labute approximate surface area is 159 Å². The highest BCUT2D eigenvalue weighted by Crippen LogP contribution is 2.16. The molecule has 2 rings (SSSR count). The third kappa shape index (κ3) is 8.20. The Hall–Kier alpha value is -0.890. The minimum absolute atomic E-state index is 0.594. The summed E-state index contributed by atoms with van der Waals surface area (Å²) in [5.41, 5.74) is 0. The summed E-state index contributed by atoms with van der Waals surface area (Å²) in [7, 11) is 1.71. The molecule has 2 aliphatic heterocycles. The lowest BCUT2D eigenvalue weighted by atomic mass is 10.1. The smallest absolute Gasteiger partial charge is 0.193 e. The van der Waals surface area contributed by atoms with Gasteiger partial charge in [-0.15, -0.1) is 0 Å². The number of nitrogens with one attached hydrogen (secondary N) is 1. The number of hydrogen-bond donors (Lipinski definition) is 1. The number of nitrogens with zero attached hydrogens (tertiary/aromatic N) is 3. The van der Waals surface area contributed by atoms with Crippen LogP contribution in [0, 0.1) is 5.92 Å². The number of methoxy groups -OCH3 is 1. The van der Waals surface area contributed by atoms with E-state index in [1.165, 1.54) is 19.4 Å². The Morgan fingerprint density at radius 1 is 1.19 bits per heavy atom. The Morgan fingerprint density at radius 3 is 2.81 bits per heavy atom. The van der Waals surface area contributed by atoms with Crippen molar-refractivity contribution in [2.45, 2.75) is 26.2 Å². The second kappa shape index (κ2) is 13.3. The lowest BCUT2D eigenvalue weighted by molar-refractivity contribution is 0.0373. The summed E-state index contributed by atoms with van der Waals surface area (Å²) in [4.78, 5) is 9.73. The van der Waals surface area contributed by atoms with Crippen LogP contribution in [0.3, 0.4) is 0 Å². The molecular weight excluding hydrogens is 332 g/mol. The number of ether oxygens (including phenoxy) is 3. The van der Waals surface area contributed by atoms with Crippen LogP contribution in [0.15, 0.2) is 4.99 Å². The number of morpholine rings is 1. The van der Waals surface area contributed by atoms with E-state index >= 15 is 0 Å². The third-order valence-corrected chi connectivity index (χ3v) is 4.95. The van der Waals surface area contributed by atoms with Crippen molar-refractivity contribution >= 4 is 5.96 Å². The molecule has 1 atom stereocenters. The quantitative estimate of drug-likeness (QED) is 0.333. The Morgan fingerprint density at radius 2 is 2.04 bits per heavy atom. The maximum absolute atomic E-state index is 5.69. The van der Waals surface area contributed by atoms with E-state index in [4.69, 9.17) is 19.2 Å². The first kappa shape index (κ1) is 21.4. The molecule has 2 saturated heterocycles. The molecule has 7 nitrogen and oxygen atoms in total. The van der Waals surface area contributed by atoms with Crippen LogP contribution in [0.25, 0.3) is 0 Å². The van der Waals surface area contributed by atoms with Crippen LogP contribution >= 0.6 is 0 Å². The minimum atomic E-state index is 0.594. The summed E-state index contributed by atoms with van der Waals surface area (Å²) in [5.74, 6) is 1.66. The van der Waals surface area contributed by atoms with Crippen molar-refractivity contribution < 1.29 is 14.2 Å². The van der Waals surface area contributed by atoms with Crippen LogP contribution in [0.4, 0.5) is 0 Å². The van der Waals surface area contributed by atoms with E-state index in [9.17, 15) is 0 Å². The molecular formula is C19H38N4O3. The van der Waals surface area contributed by atoms with Gasteiger partial charge in [0.25, 0.3) is 0 Å². The average Bonchev–Trinajstić information content (AvgIpc) is 3.14. The second-order valence-electron chi connectivity index (χ2n) is 7.07. The van der Waals surface area contributed by atoms with Crippen molar-refractivity contribution in [2.24, 2.45) is 10.9 Å². The van der Waals surface area contributed by atoms with Crippen LogP contribution in [0.5, 0.6) is 0 Å². The van der Waals surface area contributed by atoms with Crippen molar-refractivity contribution in [3.05, 3.63) is 0 Å². The standard InChI is InChI=1S/C19H38N4O3/c1-3-20-19(21-7-4-5-8-22-10-12-25-13-11-22)23-9-6-18(16-23)17-26-15-14-24-2/h18H,3-17H2,1-2H3,(H,20,21). The van der Waals surface area contributed by atoms with Gasteiger partial charge in [0.1, 0.15) is 0 Å². The minimum Gasteiger partial charge on any atom is -0.382 e. The van der Waals surface area contributed by atoms with Gasteiger partial charge >= 0.3 is 0 Å². The fraction of sp³-hybridized carbons (Fsp3) is 0.947. The van der Waals surface area contributed by atoms with Crippen molar-refractivity contribution in [1.82, 2.24) is 15.1 Å². The molecule has 1 N–H and O–H groups in total. The van der Waals surface area contributed by atoms with Crippen molar-refractivity contribution in [3.8, 4) is 0 Å². The van der Waals surface area contributed by atoms with Crippen LogP contribution in [0.1, 0.15) is 26.2 Å². The summed E-state index contributed by atoms with van der Waals surface area (Å²) in [5, 5.41) is 3.45. The van der Waals surface area contributed by atoms with E-state index in [0.29, 0.717) is 19.1 Å². The molecule has 0 saturated carbocycles. The largest absolute Gasteiger partial charge is 0.382 e. The summed E-state index contributed by atoms with van der Waals surface area (Å²) in [6.45, 7) is 13.3. The first-order valence-corrected chi connectivity index (χ1v) is 10.2. The average molecular weight is 371 g/mol. The lowest BCUT2D eigenvalue weighted by Crippen LogP contribution is -2.40. The van der Waals surface area contributed by atoms with Gasteiger partial charge < -0.3 is 24.4 Å². The molecule has 2 heterocycles. The van der Waals surface area contributed by atoms with Gasteiger partial charge in [-0.3, -0.25) is 9.89 Å². The highest BCUT2D eigenvalue weighted by Gasteiger charge is 2.24. The number of unbranched alkanes of at least 4 members (excludes halogenated alkanes) is 1. The zero-order valence-electron chi connectivity index (χ0n) is 16.8. The van der Waals surface area contributed by atoms with Crippen LogP contribution in [-0.2, 0) is 14.2 Å². The SMILES string of the molecule is CCNC(=NCCCCN1CCOCC1)N1CCC(COCCOC)C1. The Bertz CT molecular complexity index is 389. The van der Waals surface area contributed by atoms with Crippen molar-refractivity contribution in [2.75, 3.05) is 86.0 Å². The topological polar surface area (TPSA) is 58.6 Å². The van der Waals surface area contributed by atoms with E-state index in [-0.39, 0.29) is 0 Å². The Balaban J connectivity index is 1.64. The molecule has 2 fully saturated rings. The van der Waals surface area contributed by atoms with Gasteiger partial charge in [0.15, 0.2) is 5.96 Å². The van der Waals surface area contributed by atoms with Crippen LogP contribution < -0.4 is 5.32 Å². The molecule has 2 aliphatic rings. The molecule has 0 amide bonds. The van der Waals surface area contributed by atoms with Crippen LogP contribution in [-0.4, -0.2) is 102 Å². The molecule has 0 spiro atoms. The van der Waals surface area contributed by atoms with Gasteiger partial charge in [-0.1, -0.05) is 0 Å². The van der Waals surface area contributed by atoms with Gasteiger partial charge in [0, 0.05) is 52.3 Å². The third-order valence-electron chi connectivity index (χ3n) is 4.95. The molecule has 0 aromatic heterocycles. The summed E-state index contributed by atoms with van der Waals surface area (Å²) >= 11 is 0. The van der Waals surface area contributed by atoms with E-state index in [1.54, 1.807) is 7.11 Å². The highest BCUT2D eigenvalue weighted by atomic mass is 16.5. The lowest BCUT2D eigenvalue weighted by Gasteiger charge is -2.26. The molecule has 0 aliphatic carbocycles. The molecule has 26 heavy (non-hydrogen) atoms. The Kier molecular flexibility index (Phi) is 11.0. The van der Waals surface area contributed by atoms with Gasteiger partial charge in [-0.2, -0.15) is 0 Å². The first-order valence-electron chi connectivity index (χ1n) is 10.2. The summed E-state index contributed by atoms with van der Waals surface area (Å²) < 4.78 is 16.1. The van der Waals surface area contributed by atoms with E-state index in [2.05, 4.69) is 22.0 Å². The zero-order chi connectivity index (χ0) is 18.5. The van der Waals surface area contributed by atoms with Gasteiger partial charge in [-0.05, 0) is 32.7 Å². The number of likely N-dealkylation sites (tertiary alicyclic amines) is 1. The molecule has 152 valence electrons. The van der Waals surface area contributed by atoms with E-state index < -0.39 is 0 Å². The van der Waals surface area contributed by atoms with E-state index in [1.807, 2.05) is 0 Å². The maximum Gasteiger partial charge on any atom is 0.193 e. The predicted molar refractivity (Wildman–Crippen MR) is 105 cm³/mol. The molecule has 7 heteroatoms. The van der Waals surface area contributed by atoms with Gasteiger partial charge in [0.05, 0.1) is 33.0 Å². The molecule has 0 aromatic rings. The molecule has 0 radical (unpaired) electrons. The highest BCUT2D eigenvalue weighted by molar-refractivity contribution is 5.80. The zero-order valence-corrected chi connectivity index (χ0v) is 16.8. The maximum atomic E-state index is 5.69. The van der Waals surface area contributed by atoms with Crippen molar-refractivity contribution in [3.63, 3.8) is 0 Å². The normalized spacial score (nSPS) is 22.2. The molecule has 1 unspecified atom stereocenters. The fourth-order valence-corrected chi connectivity index (χ4v) is 3.44. The number of hydrogen-bond acceptors (Lipinski definition) is 5. The van der Waals surface area contributed by atoms with Gasteiger partial charge in [0.2, 0.25) is 0 Å². The summed E-state index contributed by atoms with van der Waals surface area (Å²) in [6, 6.07) is 0. The van der Waals surface area contributed by atoms with E-state index in [0.717, 1.165) is 71.5 Å². The second-order valence-corrected chi connectivity index (χ2v) is 7.07. The predicted octanol–water partition coefficient (Wildman–Crippen LogP) is 1.05. The van der Waals surface area contributed by atoms with Gasteiger partial charge in [-0.25, -0.2) is 0 Å².